The van der Waals surface area contributed by atoms with Crippen LogP contribution in [0.15, 0.2) is 74.8 Å². The zero-order valence-electron chi connectivity index (χ0n) is 9.71. The molecule has 0 spiro atoms. The summed E-state index contributed by atoms with van der Waals surface area (Å²) >= 11 is 0. The molecule has 0 aliphatic rings. The number of benzene rings is 2. The Morgan fingerprint density at radius 2 is 1.29 bits per heavy atom. The summed E-state index contributed by atoms with van der Waals surface area (Å²) in [4.78, 5) is 1.32. The summed E-state index contributed by atoms with van der Waals surface area (Å²) in [5.41, 5.74) is 0. The van der Waals surface area contributed by atoms with Gasteiger partial charge in [-0.05, 0) is 31.2 Å². The van der Waals surface area contributed by atoms with Crippen LogP contribution in [0, 0.1) is 0 Å². The lowest BCUT2D eigenvalue weighted by atomic mass is 10.4. The van der Waals surface area contributed by atoms with Crippen molar-refractivity contribution in [3.05, 3.63) is 60.7 Å². The molecule has 0 heterocycles. The number of rotatable bonds is 3. The van der Waals surface area contributed by atoms with Gasteiger partial charge in [-0.25, -0.2) is 0 Å². The molecular weight excluding hydrogens is 233 g/mol. The molecule has 1 nitrogen and oxygen atoms in total. The van der Waals surface area contributed by atoms with E-state index in [0.29, 0.717) is 16.3 Å². The number of hydrogen-bond donors (Lipinski definition) is 0. The van der Waals surface area contributed by atoms with E-state index in [1.807, 2.05) is 67.6 Å². The second-order valence-electron chi connectivity index (χ2n) is 3.58. The van der Waals surface area contributed by atoms with E-state index in [-0.39, 0.29) is 0 Å². The van der Waals surface area contributed by atoms with Crippen molar-refractivity contribution in [3.8, 4) is 0 Å². The smallest absolute Gasteiger partial charge is 0.0932 e. The average Bonchev–Trinajstić information content (AvgIpc) is 2.41. The third-order valence-electron chi connectivity index (χ3n) is 2.42. The SMILES string of the molecule is CCN=[S+](F)(c1ccccc1)c1ccccc1. The van der Waals surface area contributed by atoms with Gasteiger partial charge in [0.25, 0.3) is 0 Å². The van der Waals surface area contributed by atoms with Crippen molar-refractivity contribution in [3.63, 3.8) is 0 Å². The molecule has 0 atom stereocenters. The van der Waals surface area contributed by atoms with E-state index in [1.165, 1.54) is 0 Å². The average molecular weight is 248 g/mol. The summed E-state index contributed by atoms with van der Waals surface area (Å²) in [5, 5.41) is 0. The maximum Gasteiger partial charge on any atom is 0.219 e. The molecule has 0 amide bonds. The van der Waals surface area contributed by atoms with Crippen molar-refractivity contribution in [2.45, 2.75) is 16.7 Å². The van der Waals surface area contributed by atoms with Gasteiger partial charge in [0.1, 0.15) is 0 Å². The first-order valence-electron chi connectivity index (χ1n) is 5.59. The van der Waals surface area contributed by atoms with E-state index < -0.39 is 10.2 Å². The predicted molar refractivity (Wildman–Crippen MR) is 70.9 cm³/mol. The molecule has 17 heavy (non-hydrogen) atoms. The first-order chi connectivity index (χ1) is 8.27. The summed E-state index contributed by atoms with van der Waals surface area (Å²) < 4.78 is 19.4. The number of hydrogen-bond acceptors (Lipinski definition) is 1. The van der Waals surface area contributed by atoms with E-state index in [9.17, 15) is 0 Å². The van der Waals surface area contributed by atoms with Crippen molar-refractivity contribution >= 4 is 10.2 Å². The standard InChI is InChI=1S/C14H15FNS/c1-2-16-17(15,13-9-5-3-6-10-13)14-11-7-4-8-12-14/h3-12H,2H2,1H3/q+1. The normalized spacial score (nSPS) is 11.2. The van der Waals surface area contributed by atoms with Gasteiger partial charge >= 0.3 is 0 Å². The predicted octanol–water partition coefficient (Wildman–Crippen LogP) is 4.35. The van der Waals surface area contributed by atoms with Gasteiger partial charge in [-0.1, -0.05) is 40.8 Å². The van der Waals surface area contributed by atoms with E-state index in [2.05, 4.69) is 4.36 Å². The molecule has 2 aromatic carbocycles. The Kier molecular flexibility index (Phi) is 3.69. The van der Waals surface area contributed by atoms with Crippen molar-refractivity contribution in [2.24, 2.45) is 4.36 Å². The van der Waals surface area contributed by atoms with Crippen LogP contribution in [0.2, 0.25) is 0 Å². The molecule has 0 bridgehead atoms. The van der Waals surface area contributed by atoms with Gasteiger partial charge in [-0.2, -0.15) is 0 Å². The Morgan fingerprint density at radius 3 is 1.65 bits per heavy atom. The molecule has 0 saturated heterocycles. The summed E-state index contributed by atoms with van der Waals surface area (Å²) in [7, 11) is -2.72. The van der Waals surface area contributed by atoms with Crippen molar-refractivity contribution < 1.29 is 3.89 Å². The first kappa shape index (κ1) is 12.0. The minimum absolute atomic E-state index is 0.482. The second-order valence-corrected chi connectivity index (χ2v) is 5.80. The highest BCUT2D eigenvalue weighted by Gasteiger charge is 2.32. The quantitative estimate of drug-likeness (QED) is 0.716. The molecule has 0 radical (unpaired) electrons. The highest BCUT2D eigenvalue weighted by atomic mass is 32.3. The van der Waals surface area contributed by atoms with Gasteiger partial charge < -0.3 is 0 Å². The summed E-state index contributed by atoms with van der Waals surface area (Å²) in [6, 6.07) is 18.4. The Labute approximate surface area is 103 Å². The maximum absolute atomic E-state index is 15.2. The monoisotopic (exact) mass is 248 g/mol. The van der Waals surface area contributed by atoms with Gasteiger partial charge in [-0.15, -0.1) is 0 Å². The summed E-state index contributed by atoms with van der Waals surface area (Å²) in [5.74, 6) is 0. The van der Waals surface area contributed by atoms with Crippen molar-refractivity contribution in [1.29, 1.82) is 0 Å². The third-order valence-corrected chi connectivity index (χ3v) is 4.83. The summed E-state index contributed by atoms with van der Waals surface area (Å²) in [6.45, 7) is 2.35. The van der Waals surface area contributed by atoms with E-state index in [0.717, 1.165) is 0 Å². The van der Waals surface area contributed by atoms with Crippen LogP contribution < -0.4 is 0 Å². The van der Waals surface area contributed by atoms with Gasteiger partial charge in [0, 0.05) is 3.89 Å². The van der Waals surface area contributed by atoms with E-state index in [4.69, 9.17) is 0 Å². The topological polar surface area (TPSA) is 12.4 Å². The Hall–Kier alpha value is -1.48. The van der Waals surface area contributed by atoms with Gasteiger partial charge in [-0.3, -0.25) is 0 Å². The van der Waals surface area contributed by atoms with Crippen molar-refractivity contribution in [1.82, 2.24) is 0 Å². The fourth-order valence-corrected chi connectivity index (χ4v) is 3.63. The molecule has 2 aromatic rings. The van der Waals surface area contributed by atoms with Crippen LogP contribution in [0.25, 0.3) is 0 Å². The molecule has 0 aliphatic carbocycles. The van der Waals surface area contributed by atoms with Gasteiger partial charge in [0.05, 0.1) is 6.54 Å². The molecule has 0 saturated carbocycles. The first-order valence-corrected chi connectivity index (χ1v) is 7.08. The van der Waals surface area contributed by atoms with E-state index in [1.54, 1.807) is 0 Å². The second kappa shape index (κ2) is 5.23. The Balaban J connectivity index is 2.60. The van der Waals surface area contributed by atoms with Gasteiger partial charge in [0.2, 0.25) is 10.2 Å². The highest BCUT2D eigenvalue weighted by molar-refractivity contribution is 8.00. The van der Waals surface area contributed by atoms with Crippen LogP contribution in [0.1, 0.15) is 6.92 Å². The van der Waals surface area contributed by atoms with Crippen LogP contribution in [0.4, 0.5) is 3.89 Å². The Bertz CT molecular complexity index is 479. The minimum atomic E-state index is -2.72. The molecule has 88 valence electrons. The zero-order chi connectivity index (χ0) is 12.1. The molecule has 3 heteroatoms. The fourth-order valence-electron chi connectivity index (χ4n) is 1.66. The zero-order valence-corrected chi connectivity index (χ0v) is 10.5. The molecular formula is C14H15FNS+. The van der Waals surface area contributed by atoms with Gasteiger partial charge in [0.15, 0.2) is 9.79 Å². The highest BCUT2D eigenvalue weighted by Crippen LogP contribution is 2.32. The third kappa shape index (κ3) is 2.44. The molecule has 0 unspecified atom stereocenters. The largest absolute Gasteiger partial charge is 0.219 e. The molecule has 0 fully saturated rings. The molecule has 0 aliphatic heterocycles. The van der Waals surface area contributed by atoms with Crippen molar-refractivity contribution in [2.75, 3.05) is 6.54 Å². The fraction of sp³-hybridized carbons (Fsp3) is 0.143. The van der Waals surface area contributed by atoms with Crippen LogP contribution in [0.3, 0.4) is 0 Å². The van der Waals surface area contributed by atoms with Crippen LogP contribution in [0.5, 0.6) is 0 Å². The minimum Gasteiger partial charge on any atom is -0.0932 e. The molecule has 2 rings (SSSR count). The molecule has 0 N–H and O–H groups in total. The van der Waals surface area contributed by atoms with Crippen LogP contribution in [-0.2, 0) is 10.2 Å². The van der Waals surface area contributed by atoms with Crippen LogP contribution >= 0.6 is 0 Å². The molecule has 0 aromatic heterocycles. The summed E-state index contributed by atoms with van der Waals surface area (Å²) in [6.07, 6.45) is 0. The Morgan fingerprint density at radius 1 is 0.882 bits per heavy atom. The van der Waals surface area contributed by atoms with Crippen LogP contribution in [-0.4, -0.2) is 6.54 Å². The number of halogens is 1. The lowest BCUT2D eigenvalue weighted by Crippen LogP contribution is -2.06. The number of nitrogens with zero attached hydrogens (tertiary/aromatic N) is 1. The maximum atomic E-state index is 15.2. The lowest BCUT2D eigenvalue weighted by molar-refractivity contribution is 0.868. The van der Waals surface area contributed by atoms with E-state index >= 15 is 3.89 Å². The lowest BCUT2D eigenvalue weighted by Gasteiger charge is -2.06.